The number of benzene rings is 2. The van der Waals surface area contributed by atoms with Crippen LogP contribution < -0.4 is 14.4 Å². The van der Waals surface area contributed by atoms with Gasteiger partial charge < -0.3 is 10.1 Å². The standard InChI is InChI=1S/C22H23N3O4S/c1-3-29-21-9-5-4-8-20(21)24-22(26)16-25(18-12-10-17(2)11-13-18)30(27,28)19-7-6-14-23-15-19/h4-15H,3,16H2,1-2H3,(H,24,26). The number of sulfonamides is 1. The molecule has 156 valence electrons. The third-order valence-corrected chi connectivity index (χ3v) is 6.05. The molecular formula is C22H23N3O4S. The van der Waals surface area contributed by atoms with E-state index in [1.165, 1.54) is 18.5 Å². The molecule has 0 aliphatic rings. The number of pyridine rings is 1. The molecule has 0 atom stereocenters. The van der Waals surface area contributed by atoms with Crippen molar-refractivity contribution in [3.63, 3.8) is 0 Å². The Morgan fingerprint density at radius 2 is 1.80 bits per heavy atom. The normalized spacial score (nSPS) is 11.0. The number of aromatic nitrogens is 1. The number of amides is 1. The molecule has 1 heterocycles. The number of rotatable bonds is 8. The summed E-state index contributed by atoms with van der Waals surface area (Å²) >= 11 is 0. The molecule has 0 aliphatic carbocycles. The first-order valence-electron chi connectivity index (χ1n) is 9.43. The molecule has 3 aromatic rings. The second-order valence-electron chi connectivity index (χ2n) is 6.51. The number of carbonyl (C=O) groups excluding carboxylic acids is 1. The minimum Gasteiger partial charge on any atom is -0.492 e. The van der Waals surface area contributed by atoms with Crippen LogP contribution in [0.2, 0.25) is 0 Å². The summed E-state index contributed by atoms with van der Waals surface area (Å²) in [6.45, 7) is 3.79. The maximum atomic E-state index is 13.3. The molecule has 3 rings (SSSR count). The zero-order chi connectivity index (χ0) is 21.6. The number of para-hydroxylation sites is 2. The summed E-state index contributed by atoms with van der Waals surface area (Å²) < 4.78 is 33.1. The van der Waals surface area contributed by atoms with Crippen molar-refractivity contribution in [3.05, 3.63) is 78.6 Å². The van der Waals surface area contributed by atoms with E-state index in [9.17, 15) is 13.2 Å². The Bertz CT molecular complexity index is 1100. The van der Waals surface area contributed by atoms with Crippen molar-refractivity contribution in [2.24, 2.45) is 0 Å². The van der Waals surface area contributed by atoms with Crippen molar-refractivity contribution in [2.45, 2.75) is 18.7 Å². The third kappa shape index (κ3) is 4.96. The fraction of sp³-hybridized carbons (Fsp3) is 0.182. The minimum absolute atomic E-state index is 0.00749. The average molecular weight is 426 g/mol. The number of ether oxygens (including phenoxy) is 1. The predicted molar refractivity (Wildman–Crippen MR) is 116 cm³/mol. The van der Waals surface area contributed by atoms with E-state index >= 15 is 0 Å². The molecule has 0 spiro atoms. The van der Waals surface area contributed by atoms with Crippen molar-refractivity contribution < 1.29 is 17.9 Å². The molecular weight excluding hydrogens is 402 g/mol. The summed E-state index contributed by atoms with van der Waals surface area (Å²) in [5.41, 5.74) is 1.84. The molecule has 8 heteroatoms. The summed E-state index contributed by atoms with van der Waals surface area (Å²) in [7, 11) is -4.00. The molecule has 0 bridgehead atoms. The van der Waals surface area contributed by atoms with Crippen LogP contribution in [-0.4, -0.2) is 32.5 Å². The lowest BCUT2D eigenvalue weighted by atomic mass is 10.2. The number of hydrogen-bond acceptors (Lipinski definition) is 5. The van der Waals surface area contributed by atoms with Crippen molar-refractivity contribution in [3.8, 4) is 5.75 Å². The predicted octanol–water partition coefficient (Wildman–Crippen LogP) is 3.62. The van der Waals surface area contributed by atoms with Crippen LogP contribution in [0.15, 0.2) is 78.0 Å². The number of aryl methyl sites for hydroxylation is 1. The van der Waals surface area contributed by atoms with Gasteiger partial charge in [-0.1, -0.05) is 29.8 Å². The van der Waals surface area contributed by atoms with Gasteiger partial charge in [0.15, 0.2) is 0 Å². The molecule has 0 saturated carbocycles. The van der Waals surface area contributed by atoms with Gasteiger partial charge in [-0.3, -0.25) is 14.1 Å². The first kappa shape index (κ1) is 21.3. The maximum Gasteiger partial charge on any atom is 0.266 e. The van der Waals surface area contributed by atoms with Gasteiger partial charge in [0.1, 0.15) is 17.2 Å². The highest BCUT2D eigenvalue weighted by Gasteiger charge is 2.27. The minimum atomic E-state index is -4.00. The van der Waals surface area contributed by atoms with Gasteiger partial charge in [0.25, 0.3) is 10.0 Å². The fourth-order valence-corrected chi connectivity index (χ4v) is 4.21. The molecule has 1 amide bonds. The number of anilines is 2. The Kier molecular flexibility index (Phi) is 6.68. The van der Waals surface area contributed by atoms with Crippen LogP contribution in [0.4, 0.5) is 11.4 Å². The number of carbonyl (C=O) groups is 1. The van der Waals surface area contributed by atoms with Crippen molar-refractivity contribution in [1.82, 2.24) is 4.98 Å². The highest BCUT2D eigenvalue weighted by Crippen LogP contribution is 2.26. The molecule has 0 saturated heterocycles. The van der Waals surface area contributed by atoms with Gasteiger partial charge in [-0.25, -0.2) is 8.42 Å². The van der Waals surface area contributed by atoms with Gasteiger partial charge >= 0.3 is 0 Å². The van der Waals surface area contributed by atoms with E-state index in [1.807, 2.05) is 13.8 Å². The largest absolute Gasteiger partial charge is 0.492 e. The number of nitrogens with one attached hydrogen (secondary N) is 1. The molecule has 0 radical (unpaired) electrons. The SMILES string of the molecule is CCOc1ccccc1NC(=O)CN(c1ccc(C)cc1)S(=O)(=O)c1cccnc1. The summed E-state index contributed by atoms with van der Waals surface area (Å²) in [5, 5.41) is 2.74. The molecule has 0 aliphatic heterocycles. The lowest BCUT2D eigenvalue weighted by Crippen LogP contribution is -2.38. The lowest BCUT2D eigenvalue weighted by molar-refractivity contribution is -0.114. The summed E-state index contributed by atoms with van der Waals surface area (Å²) in [6, 6.07) is 16.9. The maximum absolute atomic E-state index is 13.3. The van der Waals surface area contributed by atoms with E-state index < -0.39 is 22.5 Å². The van der Waals surface area contributed by atoms with Gasteiger partial charge in [-0.2, -0.15) is 0 Å². The van der Waals surface area contributed by atoms with E-state index in [0.29, 0.717) is 23.7 Å². The molecule has 30 heavy (non-hydrogen) atoms. The van der Waals surface area contributed by atoms with E-state index in [0.717, 1.165) is 9.87 Å². The Morgan fingerprint density at radius 3 is 2.47 bits per heavy atom. The molecule has 0 fully saturated rings. The second kappa shape index (κ2) is 9.41. The van der Waals surface area contributed by atoms with E-state index in [1.54, 1.807) is 54.6 Å². The Morgan fingerprint density at radius 1 is 1.07 bits per heavy atom. The van der Waals surface area contributed by atoms with Crippen LogP contribution in [-0.2, 0) is 14.8 Å². The fourth-order valence-electron chi connectivity index (χ4n) is 2.82. The van der Waals surface area contributed by atoms with Crippen LogP contribution in [0.3, 0.4) is 0 Å². The Labute approximate surface area is 176 Å². The number of nitrogens with zero attached hydrogens (tertiary/aromatic N) is 2. The van der Waals surface area contributed by atoms with Gasteiger partial charge in [0.2, 0.25) is 5.91 Å². The Balaban J connectivity index is 1.92. The van der Waals surface area contributed by atoms with E-state index in [-0.39, 0.29) is 4.90 Å². The number of hydrogen-bond donors (Lipinski definition) is 1. The zero-order valence-electron chi connectivity index (χ0n) is 16.8. The topological polar surface area (TPSA) is 88.6 Å². The van der Waals surface area contributed by atoms with Gasteiger partial charge in [0.05, 0.1) is 18.0 Å². The van der Waals surface area contributed by atoms with Crippen molar-refractivity contribution in [2.75, 3.05) is 22.8 Å². The van der Waals surface area contributed by atoms with Crippen LogP contribution in [0, 0.1) is 6.92 Å². The first-order chi connectivity index (χ1) is 14.4. The summed E-state index contributed by atoms with van der Waals surface area (Å²) in [4.78, 5) is 16.7. The summed E-state index contributed by atoms with van der Waals surface area (Å²) in [6.07, 6.45) is 2.76. The smallest absolute Gasteiger partial charge is 0.266 e. The quantitative estimate of drug-likeness (QED) is 0.595. The molecule has 7 nitrogen and oxygen atoms in total. The van der Waals surface area contributed by atoms with Crippen LogP contribution in [0.25, 0.3) is 0 Å². The molecule has 1 N–H and O–H groups in total. The molecule has 0 unspecified atom stereocenters. The molecule has 1 aromatic heterocycles. The van der Waals surface area contributed by atoms with Gasteiger partial charge in [-0.05, 0) is 50.2 Å². The lowest BCUT2D eigenvalue weighted by Gasteiger charge is -2.24. The van der Waals surface area contributed by atoms with E-state index in [2.05, 4.69) is 10.3 Å². The second-order valence-corrected chi connectivity index (χ2v) is 8.38. The van der Waals surface area contributed by atoms with Crippen molar-refractivity contribution >= 4 is 27.3 Å². The van der Waals surface area contributed by atoms with Crippen LogP contribution in [0.5, 0.6) is 5.75 Å². The van der Waals surface area contributed by atoms with Crippen LogP contribution in [0.1, 0.15) is 12.5 Å². The zero-order valence-corrected chi connectivity index (χ0v) is 17.6. The van der Waals surface area contributed by atoms with Crippen molar-refractivity contribution in [1.29, 1.82) is 0 Å². The highest BCUT2D eigenvalue weighted by molar-refractivity contribution is 7.92. The van der Waals surface area contributed by atoms with Crippen LogP contribution >= 0.6 is 0 Å². The monoisotopic (exact) mass is 425 g/mol. The highest BCUT2D eigenvalue weighted by atomic mass is 32.2. The van der Waals surface area contributed by atoms with E-state index in [4.69, 9.17) is 4.74 Å². The first-order valence-corrected chi connectivity index (χ1v) is 10.9. The Hall–Kier alpha value is -3.39. The third-order valence-electron chi connectivity index (χ3n) is 4.29. The summed E-state index contributed by atoms with van der Waals surface area (Å²) in [5.74, 6) is 0.0283. The molecule has 2 aromatic carbocycles. The van der Waals surface area contributed by atoms with Gasteiger partial charge in [-0.15, -0.1) is 0 Å². The van der Waals surface area contributed by atoms with Gasteiger partial charge in [0, 0.05) is 12.4 Å². The average Bonchev–Trinajstić information content (AvgIpc) is 2.75.